The molecule has 0 heterocycles. The molecule has 6 heteroatoms. The molecule has 0 unspecified atom stereocenters. The minimum Gasteiger partial charge on any atom is -0.494 e. The Hall–Kier alpha value is -2.63. The van der Waals surface area contributed by atoms with E-state index < -0.39 is 17.5 Å². The molecule has 21 heavy (non-hydrogen) atoms. The summed E-state index contributed by atoms with van der Waals surface area (Å²) in [4.78, 5) is 10.9. The predicted octanol–water partition coefficient (Wildman–Crippen LogP) is 2.68. The van der Waals surface area contributed by atoms with Crippen molar-refractivity contribution < 1.29 is 18.3 Å². The Balaban J connectivity index is 2.08. The number of rotatable bonds is 5. The third-order valence-electron chi connectivity index (χ3n) is 2.95. The third kappa shape index (κ3) is 3.47. The van der Waals surface area contributed by atoms with Gasteiger partial charge >= 0.3 is 0 Å². The summed E-state index contributed by atoms with van der Waals surface area (Å²) in [6, 6.07) is 8.55. The topological polar surface area (TPSA) is 64.3 Å². The molecule has 0 saturated carbocycles. The zero-order valence-corrected chi connectivity index (χ0v) is 11.3. The van der Waals surface area contributed by atoms with Crippen molar-refractivity contribution in [3.63, 3.8) is 0 Å². The summed E-state index contributed by atoms with van der Waals surface area (Å²) in [5.41, 5.74) is 5.99. The number of hydrogen-bond acceptors (Lipinski definition) is 3. The van der Waals surface area contributed by atoms with Gasteiger partial charge in [-0.3, -0.25) is 4.79 Å². The van der Waals surface area contributed by atoms with Gasteiger partial charge in [-0.05, 0) is 35.9 Å². The highest BCUT2D eigenvalue weighted by atomic mass is 19.1. The van der Waals surface area contributed by atoms with Crippen LogP contribution in [0, 0.1) is 11.6 Å². The van der Waals surface area contributed by atoms with Crippen LogP contribution in [0.25, 0.3) is 0 Å². The monoisotopic (exact) mass is 292 g/mol. The number of nitrogens with one attached hydrogen (secondary N) is 1. The Morgan fingerprint density at radius 3 is 2.52 bits per heavy atom. The van der Waals surface area contributed by atoms with Gasteiger partial charge in [0.2, 0.25) is 0 Å². The number of amides is 1. The number of halogens is 2. The molecule has 0 bridgehead atoms. The van der Waals surface area contributed by atoms with Crippen LogP contribution in [0.1, 0.15) is 15.9 Å². The van der Waals surface area contributed by atoms with Gasteiger partial charge in [0.1, 0.15) is 5.82 Å². The number of nitrogens with two attached hydrogens (primary N) is 1. The van der Waals surface area contributed by atoms with E-state index in [1.54, 1.807) is 6.07 Å². The lowest BCUT2D eigenvalue weighted by Crippen LogP contribution is -2.13. The molecule has 1 amide bonds. The highest BCUT2D eigenvalue weighted by molar-refractivity contribution is 5.93. The van der Waals surface area contributed by atoms with Gasteiger partial charge in [-0.1, -0.05) is 6.07 Å². The van der Waals surface area contributed by atoms with Crippen LogP contribution in [-0.2, 0) is 6.54 Å². The van der Waals surface area contributed by atoms with Gasteiger partial charge in [0.05, 0.1) is 12.7 Å². The molecule has 2 aromatic carbocycles. The summed E-state index contributed by atoms with van der Waals surface area (Å²) < 4.78 is 31.9. The van der Waals surface area contributed by atoms with Crippen molar-refractivity contribution in [1.82, 2.24) is 0 Å². The van der Waals surface area contributed by atoms with Gasteiger partial charge in [-0.2, -0.15) is 0 Å². The van der Waals surface area contributed by atoms with Gasteiger partial charge in [0, 0.05) is 12.2 Å². The van der Waals surface area contributed by atoms with Crippen molar-refractivity contribution in [2.24, 2.45) is 5.73 Å². The lowest BCUT2D eigenvalue weighted by atomic mass is 10.1. The van der Waals surface area contributed by atoms with Gasteiger partial charge in [-0.15, -0.1) is 0 Å². The Labute approximate surface area is 120 Å². The van der Waals surface area contributed by atoms with Crippen molar-refractivity contribution in [3.05, 3.63) is 59.2 Å². The maximum Gasteiger partial charge on any atom is 0.251 e. The normalized spacial score (nSPS) is 10.2. The molecule has 0 aliphatic rings. The first-order valence-electron chi connectivity index (χ1n) is 6.17. The molecule has 2 aromatic rings. The van der Waals surface area contributed by atoms with Crippen molar-refractivity contribution in [2.45, 2.75) is 6.54 Å². The number of hydrogen-bond donors (Lipinski definition) is 2. The zero-order chi connectivity index (χ0) is 15.4. The zero-order valence-electron chi connectivity index (χ0n) is 11.3. The van der Waals surface area contributed by atoms with Crippen molar-refractivity contribution in [3.8, 4) is 5.75 Å². The first-order valence-corrected chi connectivity index (χ1v) is 6.17. The fourth-order valence-electron chi connectivity index (χ4n) is 1.85. The minimum absolute atomic E-state index is 0.163. The van der Waals surface area contributed by atoms with E-state index in [2.05, 4.69) is 5.32 Å². The summed E-state index contributed by atoms with van der Waals surface area (Å²) in [6.45, 7) is 0.302. The van der Waals surface area contributed by atoms with Gasteiger partial charge in [0.25, 0.3) is 5.91 Å². The maximum absolute atomic E-state index is 13.6. The third-order valence-corrected chi connectivity index (χ3v) is 2.95. The number of ether oxygens (including phenoxy) is 1. The van der Waals surface area contributed by atoms with E-state index in [-0.39, 0.29) is 11.3 Å². The summed E-state index contributed by atoms with van der Waals surface area (Å²) >= 11 is 0. The number of methoxy groups -OCH3 is 1. The maximum atomic E-state index is 13.6. The Kier molecular flexibility index (Phi) is 4.37. The number of carbonyl (C=O) groups excluding carboxylic acids is 1. The van der Waals surface area contributed by atoms with E-state index in [0.29, 0.717) is 17.8 Å². The average Bonchev–Trinajstić information content (AvgIpc) is 2.45. The van der Waals surface area contributed by atoms with E-state index >= 15 is 0 Å². The standard InChI is InChI=1S/C15H14F2N2O2/c1-21-14-5-2-9(6-13(14)17)8-19-10-3-4-11(15(18)20)12(16)7-10/h2-7,19H,8H2,1H3,(H2,18,20). The van der Waals surface area contributed by atoms with Gasteiger partial charge < -0.3 is 15.8 Å². The molecule has 2 rings (SSSR count). The molecule has 0 saturated heterocycles. The lowest BCUT2D eigenvalue weighted by molar-refractivity contribution is 0.0996. The molecule has 0 aromatic heterocycles. The van der Waals surface area contributed by atoms with Crippen molar-refractivity contribution >= 4 is 11.6 Å². The molecule has 0 radical (unpaired) electrons. The highest BCUT2D eigenvalue weighted by Crippen LogP contribution is 2.19. The van der Waals surface area contributed by atoms with Crippen LogP contribution >= 0.6 is 0 Å². The van der Waals surface area contributed by atoms with Crippen LogP contribution in [0.3, 0.4) is 0 Å². The largest absolute Gasteiger partial charge is 0.494 e. The SMILES string of the molecule is COc1ccc(CNc2ccc(C(N)=O)c(F)c2)cc1F. The Bertz CT molecular complexity index is 675. The van der Waals surface area contributed by atoms with Crippen molar-refractivity contribution in [2.75, 3.05) is 12.4 Å². The second kappa shape index (κ2) is 6.21. The number of benzene rings is 2. The number of anilines is 1. The van der Waals surface area contributed by atoms with Crippen LogP contribution in [0.5, 0.6) is 5.75 Å². The number of primary amides is 1. The smallest absolute Gasteiger partial charge is 0.251 e. The summed E-state index contributed by atoms with van der Waals surface area (Å²) in [7, 11) is 1.39. The molecule has 110 valence electrons. The van der Waals surface area contributed by atoms with Crippen LogP contribution in [0.4, 0.5) is 14.5 Å². The molecule has 4 nitrogen and oxygen atoms in total. The summed E-state index contributed by atoms with van der Waals surface area (Å²) in [6.07, 6.45) is 0. The van der Waals surface area contributed by atoms with E-state index in [1.807, 2.05) is 0 Å². The van der Waals surface area contributed by atoms with E-state index in [1.165, 1.54) is 37.4 Å². The second-order valence-electron chi connectivity index (χ2n) is 4.38. The Morgan fingerprint density at radius 1 is 1.19 bits per heavy atom. The highest BCUT2D eigenvalue weighted by Gasteiger charge is 2.09. The Morgan fingerprint density at radius 2 is 1.95 bits per heavy atom. The average molecular weight is 292 g/mol. The quantitative estimate of drug-likeness (QED) is 0.890. The minimum atomic E-state index is -0.823. The molecule has 3 N–H and O–H groups in total. The lowest BCUT2D eigenvalue weighted by Gasteiger charge is -2.09. The fraction of sp³-hybridized carbons (Fsp3) is 0.133. The summed E-state index contributed by atoms with van der Waals surface area (Å²) in [5, 5.41) is 2.93. The van der Waals surface area contributed by atoms with Crippen molar-refractivity contribution in [1.29, 1.82) is 0 Å². The first kappa shape index (κ1) is 14.8. The van der Waals surface area contributed by atoms with Crippen LogP contribution in [0.2, 0.25) is 0 Å². The fourth-order valence-corrected chi connectivity index (χ4v) is 1.85. The van der Waals surface area contributed by atoms with Crippen LogP contribution in [0.15, 0.2) is 36.4 Å². The summed E-state index contributed by atoms with van der Waals surface area (Å²) in [5.74, 6) is -1.83. The molecule has 0 aliphatic heterocycles. The molecule has 0 aliphatic carbocycles. The van der Waals surface area contributed by atoms with Crippen LogP contribution in [-0.4, -0.2) is 13.0 Å². The molecular formula is C15H14F2N2O2. The molecule has 0 fully saturated rings. The molecule has 0 spiro atoms. The second-order valence-corrected chi connectivity index (χ2v) is 4.38. The van der Waals surface area contributed by atoms with E-state index in [4.69, 9.17) is 10.5 Å². The first-order chi connectivity index (χ1) is 10.0. The molecular weight excluding hydrogens is 278 g/mol. The molecule has 0 atom stereocenters. The predicted molar refractivity (Wildman–Crippen MR) is 75.2 cm³/mol. The van der Waals surface area contributed by atoms with Gasteiger partial charge in [0.15, 0.2) is 11.6 Å². The van der Waals surface area contributed by atoms with E-state index in [0.717, 1.165) is 0 Å². The van der Waals surface area contributed by atoms with Gasteiger partial charge in [-0.25, -0.2) is 8.78 Å². The van der Waals surface area contributed by atoms with Crippen LogP contribution < -0.4 is 15.8 Å². The number of carbonyl (C=O) groups is 1. The van der Waals surface area contributed by atoms with E-state index in [9.17, 15) is 13.6 Å².